The quantitative estimate of drug-likeness (QED) is 0.813. The Labute approximate surface area is 105 Å². The van der Waals surface area contributed by atoms with E-state index in [1.807, 2.05) is 0 Å². The van der Waals surface area contributed by atoms with Crippen LogP contribution in [-0.2, 0) is 4.74 Å². The van der Waals surface area contributed by atoms with Crippen LogP contribution in [0.15, 0.2) is 16.5 Å². The smallest absolute Gasteiger partial charge is 0.287 e. The summed E-state index contributed by atoms with van der Waals surface area (Å²) in [6.45, 7) is 2.04. The lowest BCUT2D eigenvalue weighted by Gasteiger charge is -2.28. The van der Waals surface area contributed by atoms with Gasteiger partial charge in [0, 0.05) is 13.7 Å². The van der Waals surface area contributed by atoms with Crippen LogP contribution in [-0.4, -0.2) is 36.9 Å². The largest absolute Gasteiger partial charge is 0.440 e. The van der Waals surface area contributed by atoms with Crippen molar-refractivity contribution in [1.82, 2.24) is 5.32 Å². The number of carbonyl (C=O) groups is 1. The van der Waals surface area contributed by atoms with Gasteiger partial charge in [-0.1, -0.05) is 0 Å². The van der Waals surface area contributed by atoms with Crippen molar-refractivity contribution >= 4 is 17.5 Å². The van der Waals surface area contributed by atoms with Crippen molar-refractivity contribution in [3.05, 3.63) is 23.1 Å². The fraction of sp³-hybridized carbons (Fsp3) is 0.545. The fourth-order valence-electron chi connectivity index (χ4n) is 1.51. The number of carbonyl (C=O) groups excluding carboxylic acids is 1. The Morgan fingerprint density at radius 1 is 1.65 bits per heavy atom. The number of aliphatic hydroxyl groups is 1. The molecule has 1 atom stereocenters. The molecule has 0 aromatic carbocycles. The summed E-state index contributed by atoms with van der Waals surface area (Å²) in [5.41, 5.74) is -0.639. The molecule has 1 amide bonds. The second-order valence-corrected chi connectivity index (χ2v) is 4.40. The average Bonchev–Trinajstić information content (AvgIpc) is 2.65. The zero-order valence-corrected chi connectivity index (χ0v) is 10.6. The molecule has 1 rings (SSSR count). The lowest BCUT2D eigenvalue weighted by Crippen LogP contribution is -2.49. The van der Waals surface area contributed by atoms with E-state index in [1.165, 1.54) is 19.2 Å². The van der Waals surface area contributed by atoms with Gasteiger partial charge in [-0.25, -0.2) is 0 Å². The van der Waals surface area contributed by atoms with Crippen LogP contribution in [0.1, 0.15) is 23.9 Å². The summed E-state index contributed by atoms with van der Waals surface area (Å²) in [4.78, 5) is 11.8. The number of hydrogen-bond acceptors (Lipinski definition) is 4. The third-order valence-corrected chi connectivity index (χ3v) is 2.54. The van der Waals surface area contributed by atoms with Gasteiger partial charge in [-0.2, -0.15) is 0 Å². The van der Waals surface area contributed by atoms with E-state index in [1.54, 1.807) is 6.92 Å². The van der Waals surface area contributed by atoms with Crippen LogP contribution in [0.25, 0.3) is 0 Å². The summed E-state index contributed by atoms with van der Waals surface area (Å²) < 4.78 is 10.0. The number of methoxy groups -OCH3 is 1. The second kappa shape index (κ2) is 6.05. The number of amides is 1. The normalized spacial score (nSPS) is 14.4. The van der Waals surface area contributed by atoms with Crippen molar-refractivity contribution < 1.29 is 19.1 Å². The fourth-order valence-corrected chi connectivity index (χ4v) is 1.65. The van der Waals surface area contributed by atoms with Gasteiger partial charge in [-0.15, -0.1) is 0 Å². The van der Waals surface area contributed by atoms with Crippen LogP contribution in [0.2, 0.25) is 5.22 Å². The first-order valence-corrected chi connectivity index (χ1v) is 5.56. The standard InChI is InChI=1S/C11H16ClNO4/c1-11(5-6-14,7-16-2)13-10(15)8-3-4-9(12)17-8/h3-4,14H,5-7H2,1-2H3,(H,13,15). The maximum absolute atomic E-state index is 11.8. The highest BCUT2D eigenvalue weighted by molar-refractivity contribution is 6.29. The molecule has 0 saturated carbocycles. The molecule has 17 heavy (non-hydrogen) atoms. The molecule has 1 aromatic heterocycles. The molecular formula is C11H16ClNO4. The summed E-state index contributed by atoms with van der Waals surface area (Å²) in [7, 11) is 1.53. The molecule has 0 spiro atoms. The van der Waals surface area contributed by atoms with E-state index in [-0.39, 0.29) is 23.5 Å². The van der Waals surface area contributed by atoms with Crippen molar-refractivity contribution in [2.45, 2.75) is 18.9 Å². The first kappa shape index (κ1) is 14.0. The number of aliphatic hydroxyl groups excluding tert-OH is 1. The molecule has 1 unspecified atom stereocenters. The molecule has 96 valence electrons. The number of halogens is 1. The lowest BCUT2D eigenvalue weighted by molar-refractivity contribution is 0.0703. The molecular weight excluding hydrogens is 246 g/mol. The first-order chi connectivity index (χ1) is 8.00. The highest BCUT2D eigenvalue weighted by Crippen LogP contribution is 2.15. The SMILES string of the molecule is COCC(C)(CCO)NC(=O)c1ccc(Cl)o1. The number of hydrogen-bond donors (Lipinski definition) is 2. The predicted molar refractivity (Wildman–Crippen MR) is 63.2 cm³/mol. The lowest BCUT2D eigenvalue weighted by atomic mass is 9.99. The third kappa shape index (κ3) is 4.03. The minimum Gasteiger partial charge on any atom is -0.440 e. The Morgan fingerprint density at radius 2 is 2.35 bits per heavy atom. The van der Waals surface area contributed by atoms with Crippen molar-refractivity contribution in [2.75, 3.05) is 20.3 Å². The van der Waals surface area contributed by atoms with E-state index in [0.717, 1.165) is 0 Å². The van der Waals surface area contributed by atoms with Gasteiger partial charge in [0.05, 0.1) is 12.1 Å². The Morgan fingerprint density at radius 3 is 2.82 bits per heavy atom. The van der Waals surface area contributed by atoms with Gasteiger partial charge in [0.25, 0.3) is 5.91 Å². The van der Waals surface area contributed by atoms with Crippen molar-refractivity contribution in [3.8, 4) is 0 Å². The Bertz CT molecular complexity index is 371. The summed E-state index contributed by atoms with van der Waals surface area (Å²) in [6.07, 6.45) is 0.390. The Kier molecular flexibility index (Phi) is 4.99. The number of rotatable bonds is 6. The van der Waals surface area contributed by atoms with Crippen LogP contribution >= 0.6 is 11.6 Å². The second-order valence-electron chi connectivity index (χ2n) is 4.03. The van der Waals surface area contributed by atoms with Crippen LogP contribution in [0.5, 0.6) is 0 Å². The molecule has 1 aromatic rings. The Hall–Kier alpha value is -1.04. The molecule has 0 fully saturated rings. The van der Waals surface area contributed by atoms with E-state index in [9.17, 15) is 4.79 Å². The van der Waals surface area contributed by atoms with Gasteiger partial charge in [0.1, 0.15) is 0 Å². The minimum atomic E-state index is -0.639. The number of nitrogens with one attached hydrogen (secondary N) is 1. The van der Waals surface area contributed by atoms with Crippen molar-refractivity contribution in [2.24, 2.45) is 0 Å². The van der Waals surface area contributed by atoms with E-state index in [4.69, 9.17) is 25.9 Å². The number of furan rings is 1. The maximum atomic E-state index is 11.8. The molecule has 0 saturated heterocycles. The van der Waals surface area contributed by atoms with Gasteiger partial charge in [-0.3, -0.25) is 4.79 Å². The van der Waals surface area contributed by atoms with E-state index in [2.05, 4.69) is 5.32 Å². The van der Waals surface area contributed by atoms with Crippen LogP contribution < -0.4 is 5.32 Å². The summed E-state index contributed by atoms with van der Waals surface area (Å²) in [5, 5.41) is 11.9. The summed E-state index contributed by atoms with van der Waals surface area (Å²) >= 11 is 5.59. The topological polar surface area (TPSA) is 71.7 Å². The molecule has 1 heterocycles. The maximum Gasteiger partial charge on any atom is 0.287 e. The Balaban J connectivity index is 2.70. The van der Waals surface area contributed by atoms with E-state index < -0.39 is 5.54 Å². The molecule has 6 heteroatoms. The van der Waals surface area contributed by atoms with Crippen molar-refractivity contribution in [1.29, 1.82) is 0 Å². The summed E-state index contributed by atoms with van der Waals surface area (Å²) in [6, 6.07) is 2.99. The molecule has 0 bridgehead atoms. The predicted octanol–water partition coefficient (Wildman–Crippen LogP) is 1.45. The highest BCUT2D eigenvalue weighted by Gasteiger charge is 2.27. The molecule has 0 radical (unpaired) electrons. The van der Waals surface area contributed by atoms with E-state index >= 15 is 0 Å². The highest BCUT2D eigenvalue weighted by atomic mass is 35.5. The van der Waals surface area contributed by atoms with Gasteiger partial charge < -0.3 is 19.6 Å². The van der Waals surface area contributed by atoms with Gasteiger partial charge in [0.15, 0.2) is 11.0 Å². The monoisotopic (exact) mass is 261 g/mol. The molecule has 0 aliphatic heterocycles. The van der Waals surface area contributed by atoms with E-state index in [0.29, 0.717) is 13.0 Å². The third-order valence-electron chi connectivity index (χ3n) is 2.34. The minimum absolute atomic E-state index is 0.0426. The van der Waals surface area contributed by atoms with Gasteiger partial charge in [0.2, 0.25) is 0 Å². The zero-order chi connectivity index (χ0) is 12.9. The van der Waals surface area contributed by atoms with Gasteiger partial charge >= 0.3 is 0 Å². The van der Waals surface area contributed by atoms with Crippen LogP contribution in [0.4, 0.5) is 0 Å². The first-order valence-electron chi connectivity index (χ1n) is 5.18. The van der Waals surface area contributed by atoms with Crippen LogP contribution in [0.3, 0.4) is 0 Å². The molecule has 0 aliphatic rings. The van der Waals surface area contributed by atoms with Crippen molar-refractivity contribution in [3.63, 3.8) is 0 Å². The molecule has 0 aliphatic carbocycles. The zero-order valence-electron chi connectivity index (χ0n) is 9.83. The molecule has 2 N–H and O–H groups in total. The molecule has 5 nitrogen and oxygen atoms in total. The summed E-state index contributed by atoms with van der Waals surface area (Å²) in [5.74, 6) is -0.250. The number of ether oxygens (including phenoxy) is 1. The van der Waals surface area contributed by atoms with Gasteiger partial charge in [-0.05, 0) is 37.1 Å². The van der Waals surface area contributed by atoms with Crippen LogP contribution in [0, 0.1) is 0 Å². The average molecular weight is 262 g/mol.